The van der Waals surface area contributed by atoms with E-state index in [-0.39, 0.29) is 10.8 Å². The lowest BCUT2D eigenvalue weighted by molar-refractivity contribution is -0.116. The van der Waals surface area contributed by atoms with Crippen molar-refractivity contribution >= 4 is 21.6 Å². The number of carbonyl (C=O) groups excluding carboxylic acids is 1. The summed E-state index contributed by atoms with van der Waals surface area (Å²) >= 11 is 0. The largest absolute Gasteiger partial charge is 0.379 e. The van der Waals surface area contributed by atoms with E-state index in [4.69, 9.17) is 4.74 Å². The molecule has 1 amide bonds. The van der Waals surface area contributed by atoms with Gasteiger partial charge < -0.3 is 9.64 Å². The lowest BCUT2D eigenvalue weighted by atomic mass is 10.2. The first-order valence-electron chi connectivity index (χ1n) is 6.99. The Balaban J connectivity index is 1.96. The summed E-state index contributed by atoms with van der Waals surface area (Å²) in [6.07, 6.45) is 0.771. The molecule has 6 nitrogen and oxygen atoms in total. The third-order valence-electron chi connectivity index (χ3n) is 3.94. The summed E-state index contributed by atoms with van der Waals surface area (Å²) in [6.45, 7) is 3.70. The molecule has 0 saturated carbocycles. The van der Waals surface area contributed by atoms with Gasteiger partial charge in [-0.25, -0.2) is 8.42 Å². The zero-order chi connectivity index (χ0) is 15.0. The molecule has 0 aromatic heterocycles. The van der Waals surface area contributed by atoms with Crippen LogP contribution in [0.2, 0.25) is 0 Å². The number of morpholine rings is 1. The van der Waals surface area contributed by atoms with Crippen LogP contribution in [0.4, 0.5) is 5.69 Å². The van der Waals surface area contributed by atoms with Crippen molar-refractivity contribution < 1.29 is 17.9 Å². The Labute approximate surface area is 124 Å². The first-order chi connectivity index (χ1) is 10.00. The lowest BCUT2D eigenvalue weighted by Gasteiger charge is -2.26. The first-order valence-corrected chi connectivity index (χ1v) is 8.43. The molecule has 0 atom stereocenters. The fraction of sp³-hybridized carbons (Fsp3) is 0.500. The number of anilines is 1. The Morgan fingerprint density at radius 3 is 2.57 bits per heavy atom. The van der Waals surface area contributed by atoms with Gasteiger partial charge in [-0.05, 0) is 24.1 Å². The molecule has 21 heavy (non-hydrogen) atoms. The van der Waals surface area contributed by atoms with Gasteiger partial charge in [0.15, 0.2) is 0 Å². The van der Waals surface area contributed by atoms with Crippen LogP contribution >= 0.6 is 0 Å². The summed E-state index contributed by atoms with van der Waals surface area (Å²) in [5, 5.41) is 0. The molecule has 1 aromatic carbocycles. The van der Waals surface area contributed by atoms with Crippen molar-refractivity contribution in [1.82, 2.24) is 4.31 Å². The number of fused-ring (bicyclic) bond motifs is 1. The molecule has 1 aromatic rings. The Bertz CT molecular complexity index is 666. The second kappa shape index (κ2) is 5.40. The third kappa shape index (κ3) is 2.56. The summed E-state index contributed by atoms with van der Waals surface area (Å²) in [7, 11) is -3.52. The van der Waals surface area contributed by atoms with Gasteiger partial charge in [-0.1, -0.05) is 6.07 Å². The van der Waals surface area contributed by atoms with Crippen LogP contribution in [0.3, 0.4) is 0 Å². The van der Waals surface area contributed by atoms with Crippen molar-refractivity contribution in [3.8, 4) is 0 Å². The van der Waals surface area contributed by atoms with Gasteiger partial charge in [-0.3, -0.25) is 4.79 Å². The second-order valence-corrected chi connectivity index (χ2v) is 7.17. The molecular formula is C14H18N2O4S. The quantitative estimate of drug-likeness (QED) is 0.803. The van der Waals surface area contributed by atoms with Crippen LogP contribution in [-0.4, -0.2) is 51.5 Å². The highest BCUT2D eigenvalue weighted by Crippen LogP contribution is 2.31. The third-order valence-corrected chi connectivity index (χ3v) is 5.83. The highest BCUT2D eigenvalue weighted by molar-refractivity contribution is 7.89. The van der Waals surface area contributed by atoms with E-state index in [2.05, 4.69) is 0 Å². The van der Waals surface area contributed by atoms with Crippen LogP contribution < -0.4 is 4.90 Å². The van der Waals surface area contributed by atoms with Gasteiger partial charge in [0.25, 0.3) is 0 Å². The number of benzene rings is 1. The van der Waals surface area contributed by atoms with Crippen molar-refractivity contribution in [1.29, 1.82) is 0 Å². The average Bonchev–Trinajstić information content (AvgIpc) is 2.91. The molecule has 1 fully saturated rings. The SMILES string of the molecule is CC(=O)N1CCc2ccc(S(=O)(=O)N3CCOCC3)cc21. The molecule has 2 aliphatic rings. The van der Waals surface area contributed by atoms with Gasteiger partial charge in [0.1, 0.15) is 0 Å². The molecule has 2 heterocycles. The maximum atomic E-state index is 12.6. The van der Waals surface area contributed by atoms with Crippen molar-refractivity contribution in [2.24, 2.45) is 0 Å². The molecule has 3 rings (SSSR count). The lowest BCUT2D eigenvalue weighted by Crippen LogP contribution is -2.40. The molecule has 0 bridgehead atoms. The molecule has 0 unspecified atom stereocenters. The standard InChI is InChI=1S/C14H18N2O4S/c1-11(17)16-5-4-12-2-3-13(10-14(12)16)21(18,19)15-6-8-20-9-7-15/h2-3,10H,4-9H2,1H3. The molecule has 0 aliphatic carbocycles. The van der Waals surface area contributed by atoms with E-state index in [1.807, 2.05) is 6.07 Å². The number of nitrogens with zero attached hydrogens (tertiary/aromatic N) is 2. The molecule has 7 heteroatoms. The van der Waals surface area contributed by atoms with Crippen LogP contribution in [0.25, 0.3) is 0 Å². The average molecular weight is 310 g/mol. The van der Waals surface area contributed by atoms with E-state index >= 15 is 0 Å². The smallest absolute Gasteiger partial charge is 0.243 e. The zero-order valence-corrected chi connectivity index (χ0v) is 12.7. The van der Waals surface area contributed by atoms with Gasteiger partial charge in [0.05, 0.1) is 18.1 Å². The minimum Gasteiger partial charge on any atom is -0.379 e. The van der Waals surface area contributed by atoms with E-state index in [1.54, 1.807) is 17.0 Å². The highest BCUT2D eigenvalue weighted by Gasteiger charge is 2.29. The maximum Gasteiger partial charge on any atom is 0.243 e. The minimum atomic E-state index is -3.52. The van der Waals surface area contributed by atoms with Gasteiger partial charge in [0.2, 0.25) is 15.9 Å². The van der Waals surface area contributed by atoms with Crippen molar-refractivity contribution in [3.05, 3.63) is 23.8 Å². The van der Waals surface area contributed by atoms with Gasteiger partial charge >= 0.3 is 0 Å². The topological polar surface area (TPSA) is 66.9 Å². The van der Waals surface area contributed by atoms with Crippen molar-refractivity contribution in [2.75, 3.05) is 37.7 Å². The molecule has 2 aliphatic heterocycles. The minimum absolute atomic E-state index is 0.0605. The van der Waals surface area contributed by atoms with Crippen LogP contribution in [0.5, 0.6) is 0 Å². The number of ether oxygens (including phenoxy) is 1. The fourth-order valence-corrected chi connectivity index (χ4v) is 4.21. The van der Waals surface area contributed by atoms with E-state index in [0.29, 0.717) is 32.8 Å². The molecule has 0 radical (unpaired) electrons. The van der Waals surface area contributed by atoms with Crippen molar-refractivity contribution in [3.63, 3.8) is 0 Å². The van der Waals surface area contributed by atoms with Crippen LogP contribution in [0.1, 0.15) is 12.5 Å². The van der Waals surface area contributed by atoms with Crippen LogP contribution in [0, 0.1) is 0 Å². The van der Waals surface area contributed by atoms with E-state index in [1.165, 1.54) is 11.2 Å². The van der Waals surface area contributed by atoms with Gasteiger partial charge in [-0.2, -0.15) is 4.31 Å². The Kier molecular flexibility index (Phi) is 3.73. The van der Waals surface area contributed by atoms with Crippen molar-refractivity contribution in [2.45, 2.75) is 18.2 Å². The number of hydrogen-bond acceptors (Lipinski definition) is 4. The molecule has 0 spiro atoms. The Hall–Kier alpha value is -1.44. The maximum absolute atomic E-state index is 12.6. The summed E-state index contributed by atoms with van der Waals surface area (Å²) in [5.74, 6) is -0.0605. The summed E-state index contributed by atoms with van der Waals surface area (Å²) in [5.41, 5.74) is 1.74. The van der Waals surface area contributed by atoms with Gasteiger partial charge in [-0.15, -0.1) is 0 Å². The zero-order valence-electron chi connectivity index (χ0n) is 11.9. The number of sulfonamides is 1. The predicted octanol–water partition coefficient (Wildman–Crippen LogP) is 0.617. The summed E-state index contributed by atoms with van der Waals surface area (Å²) < 4.78 is 31.9. The number of amides is 1. The van der Waals surface area contributed by atoms with E-state index < -0.39 is 10.0 Å². The van der Waals surface area contributed by atoms with Gasteiger partial charge in [0, 0.05) is 32.2 Å². The fourth-order valence-electron chi connectivity index (χ4n) is 2.78. The normalized spacial score (nSPS) is 19.6. The number of carbonyl (C=O) groups is 1. The summed E-state index contributed by atoms with van der Waals surface area (Å²) in [4.78, 5) is 13.5. The number of rotatable bonds is 2. The Morgan fingerprint density at radius 2 is 1.90 bits per heavy atom. The van der Waals surface area contributed by atoms with E-state index in [9.17, 15) is 13.2 Å². The highest BCUT2D eigenvalue weighted by atomic mass is 32.2. The first kappa shape index (κ1) is 14.5. The Morgan fingerprint density at radius 1 is 1.19 bits per heavy atom. The summed E-state index contributed by atoms with van der Waals surface area (Å²) in [6, 6.07) is 5.06. The number of hydrogen-bond donors (Lipinski definition) is 0. The molecule has 114 valence electrons. The second-order valence-electron chi connectivity index (χ2n) is 5.23. The predicted molar refractivity (Wildman–Crippen MR) is 77.8 cm³/mol. The van der Waals surface area contributed by atoms with Crippen LogP contribution in [-0.2, 0) is 26.0 Å². The van der Waals surface area contributed by atoms with Crippen LogP contribution in [0.15, 0.2) is 23.1 Å². The molecule has 1 saturated heterocycles. The monoisotopic (exact) mass is 310 g/mol. The van der Waals surface area contributed by atoms with E-state index in [0.717, 1.165) is 17.7 Å². The molecule has 0 N–H and O–H groups in total. The molecular weight excluding hydrogens is 292 g/mol.